The van der Waals surface area contributed by atoms with Gasteiger partial charge in [-0.1, -0.05) is 17.7 Å². The number of anilines is 1. The molecular formula is C19H22N2O3S. The van der Waals surface area contributed by atoms with Crippen LogP contribution in [0.25, 0.3) is 0 Å². The normalized spacial score (nSPS) is 10.2. The summed E-state index contributed by atoms with van der Waals surface area (Å²) in [6.45, 7) is 4.06. The van der Waals surface area contributed by atoms with E-state index in [1.807, 2.05) is 0 Å². The molecule has 0 saturated heterocycles. The molecule has 2 N–H and O–H groups in total. The van der Waals surface area contributed by atoms with Gasteiger partial charge in [0, 0.05) is 29.8 Å². The lowest BCUT2D eigenvalue weighted by Gasteiger charge is -2.08. The third-order valence-electron chi connectivity index (χ3n) is 3.26. The van der Waals surface area contributed by atoms with Gasteiger partial charge in [-0.15, -0.1) is 11.8 Å². The van der Waals surface area contributed by atoms with Crippen molar-refractivity contribution in [3.8, 4) is 5.75 Å². The van der Waals surface area contributed by atoms with Crippen LogP contribution in [0.5, 0.6) is 5.75 Å². The summed E-state index contributed by atoms with van der Waals surface area (Å²) in [6, 6.07) is 15.2. The van der Waals surface area contributed by atoms with Crippen molar-refractivity contribution in [2.45, 2.75) is 18.7 Å². The maximum Gasteiger partial charge on any atom is 0.257 e. The first kappa shape index (κ1) is 18.9. The van der Waals surface area contributed by atoms with Crippen LogP contribution in [0, 0.1) is 6.92 Å². The van der Waals surface area contributed by atoms with Crippen LogP contribution < -0.4 is 15.4 Å². The minimum absolute atomic E-state index is 0.0331. The molecule has 0 spiro atoms. The molecule has 0 unspecified atom stereocenters. The monoisotopic (exact) mass is 358 g/mol. The van der Waals surface area contributed by atoms with Gasteiger partial charge in [0.1, 0.15) is 5.75 Å². The van der Waals surface area contributed by atoms with Crippen molar-refractivity contribution in [3.63, 3.8) is 0 Å². The number of carbonyl (C=O) groups excluding carboxylic acids is 2. The van der Waals surface area contributed by atoms with E-state index in [4.69, 9.17) is 4.74 Å². The lowest BCUT2D eigenvalue weighted by atomic mass is 10.2. The zero-order valence-corrected chi connectivity index (χ0v) is 15.2. The van der Waals surface area contributed by atoms with Gasteiger partial charge in [-0.3, -0.25) is 9.59 Å². The van der Waals surface area contributed by atoms with Crippen molar-refractivity contribution in [2.75, 3.05) is 24.2 Å². The fraction of sp³-hybridized carbons (Fsp3) is 0.263. The van der Waals surface area contributed by atoms with E-state index in [1.165, 1.54) is 17.4 Å². The number of amides is 2. The fourth-order valence-electron chi connectivity index (χ4n) is 2.03. The van der Waals surface area contributed by atoms with E-state index in [2.05, 4.69) is 41.8 Å². The molecule has 5 nitrogen and oxygen atoms in total. The predicted molar refractivity (Wildman–Crippen MR) is 101 cm³/mol. The van der Waals surface area contributed by atoms with Crippen LogP contribution >= 0.6 is 11.8 Å². The molecule has 132 valence electrons. The van der Waals surface area contributed by atoms with Crippen LogP contribution in [0.3, 0.4) is 0 Å². The largest absolute Gasteiger partial charge is 0.484 e. The molecular weight excluding hydrogens is 336 g/mol. The Kier molecular flexibility index (Phi) is 7.35. The molecule has 0 aliphatic carbocycles. The van der Waals surface area contributed by atoms with Gasteiger partial charge < -0.3 is 15.4 Å². The zero-order valence-electron chi connectivity index (χ0n) is 14.4. The number of ether oxygens (including phenoxy) is 1. The lowest BCUT2D eigenvalue weighted by Crippen LogP contribution is -2.30. The van der Waals surface area contributed by atoms with Gasteiger partial charge in [0.05, 0.1) is 0 Å². The molecule has 0 fully saturated rings. The van der Waals surface area contributed by atoms with Gasteiger partial charge in [0.15, 0.2) is 6.61 Å². The Morgan fingerprint density at radius 3 is 2.36 bits per heavy atom. The number of aryl methyl sites for hydroxylation is 1. The Morgan fingerprint density at radius 2 is 1.72 bits per heavy atom. The first-order chi connectivity index (χ1) is 12.0. The molecule has 0 heterocycles. The van der Waals surface area contributed by atoms with Crippen molar-refractivity contribution < 1.29 is 14.3 Å². The Hall–Kier alpha value is -2.47. The quantitative estimate of drug-likeness (QED) is 0.561. The number of hydrogen-bond donors (Lipinski definition) is 2. The lowest BCUT2D eigenvalue weighted by molar-refractivity contribution is -0.123. The highest BCUT2D eigenvalue weighted by molar-refractivity contribution is 7.99. The van der Waals surface area contributed by atoms with E-state index < -0.39 is 0 Å². The smallest absolute Gasteiger partial charge is 0.257 e. The number of rotatable bonds is 8. The van der Waals surface area contributed by atoms with Gasteiger partial charge >= 0.3 is 0 Å². The van der Waals surface area contributed by atoms with Crippen LogP contribution in [0.2, 0.25) is 0 Å². The van der Waals surface area contributed by atoms with Gasteiger partial charge in [0.25, 0.3) is 5.91 Å². The second-order valence-corrected chi connectivity index (χ2v) is 6.67. The predicted octanol–water partition coefficient (Wildman–Crippen LogP) is 3.24. The van der Waals surface area contributed by atoms with E-state index in [0.717, 1.165) is 5.75 Å². The van der Waals surface area contributed by atoms with E-state index in [-0.39, 0.29) is 18.4 Å². The minimum Gasteiger partial charge on any atom is -0.484 e. The highest BCUT2D eigenvalue weighted by Crippen LogP contribution is 2.17. The van der Waals surface area contributed by atoms with E-state index in [9.17, 15) is 9.59 Å². The van der Waals surface area contributed by atoms with Crippen molar-refractivity contribution in [2.24, 2.45) is 0 Å². The summed E-state index contributed by atoms with van der Waals surface area (Å²) in [4.78, 5) is 23.9. The first-order valence-corrected chi connectivity index (χ1v) is 8.98. The van der Waals surface area contributed by atoms with Crippen LogP contribution in [-0.4, -0.2) is 30.7 Å². The summed E-state index contributed by atoms with van der Waals surface area (Å²) < 4.78 is 5.42. The van der Waals surface area contributed by atoms with Crippen molar-refractivity contribution in [3.05, 3.63) is 54.1 Å². The topological polar surface area (TPSA) is 67.4 Å². The molecule has 0 radical (unpaired) electrons. The number of hydrogen-bond acceptors (Lipinski definition) is 4. The molecule has 0 aliphatic heterocycles. The van der Waals surface area contributed by atoms with Crippen LogP contribution in [0.15, 0.2) is 53.4 Å². The molecule has 2 rings (SSSR count). The Labute approximate surface area is 152 Å². The second kappa shape index (κ2) is 9.74. The second-order valence-electron chi connectivity index (χ2n) is 5.51. The molecule has 25 heavy (non-hydrogen) atoms. The average molecular weight is 358 g/mol. The van der Waals surface area contributed by atoms with Gasteiger partial charge in [-0.2, -0.15) is 0 Å². The Morgan fingerprint density at radius 1 is 1.04 bits per heavy atom. The SMILES string of the molecule is CC(=O)Nc1ccc(OCC(=O)NCCSc2ccc(C)cc2)cc1. The number of benzene rings is 2. The molecule has 0 atom stereocenters. The molecule has 2 aromatic rings. The zero-order chi connectivity index (χ0) is 18.1. The maximum atomic E-state index is 11.8. The highest BCUT2D eigenvalue weighted by Gasteiger charge is 2.03. The van der Waals surface area contributed by atoms with Crippen molar-refractivity contribution in [1.29, 1.82) is 0 Å². The van der Waals surface area contributed by atoms with Gasteiger partial charge in [0.2, 0.25) is 5.91 Å². The average Bonchev–Trinajstić information content (AvgIpc) is 2.59. The molecule has 2 aromatic carbocycles. The summed E-state index contributed by atoms with van der Waals surface area (Å²) in [7, 11) is 0. The third kappa shape index (κ3) is 7.30. The third-order valence-corrected chi connectivity index (χ3v) is 4.27. The van der Waals surface area contributed by atoms with E-state index in [1.54, 1.807) is 36.0 Å². The highest BCUT2D eigenvalue weighted by atomic mass is 32.2. The number of nitrogens with one attached hydrogen (secondary N) is 2. The fourth-order valence-corrected chi connectivity index (χ4v) is 2.80. The maximum absolute atomic E-state index is 11.8. The molecule has 0 bridgehead atoms. The molecule has 6 heteroatoms. The first-order valence-electron chi connectivity index (χ1n) is 7.99. The van der Waals surface area contributed by atoms with E-state index in [0.29, 0.717) is 18.0 Å². The molecule has 2 amide bonds. The Balaban J connectivity index is 1.63. The summed E-state index contributed by atoms with van der Waals surface area (Å²) in [5.41, 5.74) is 1.93. The summed E-state index contributed by atoms with van der Waals surface area (Å²) in [5.74, 6) is 1.10. The van der Waals surface area contributed by atoms with Crippen LogP contribution in [0.1, 0.15) is 12.5 Å². The van der Waals surface area contributed by atoms with Crippen LogP contribution in [-0.2, 0) is 9.59 Å². The Bertz CT molecular complexity index is 700. The van der Waals surface area contributed by atoms with Gasteiger partial charge in [-0.25, -0.2) is 0 Å². The standard InChI is InChI=1S/C19H22N2O3S/c1-14-3-9-18(10-4-14)25-12-11-20-19(23)13-24-17-7-5-16(6-8-17)21-15(2)22/h3-10H,11-13H2,1-2H3,(H,20,23)(H,21,22). The van der Waals surface area contributed by atoms with Crippen molar-refractivity contribution in [1.82, 2.24) is 5.32 Å². The summed E-state index contributed by atoms with van der Waals surface area (Å²) in [5, 5.41) is 5.50. The number of carbonyl (C=O) groups is 2. The molecule has 0 aromatic heterocycles. The summed E-state index contributed by atoms with van der Waals surface area (Å²) >= 11 is 1.70. The minimum atomic E-state index is -0.157. The van der Waals surface area contributed by atoms with Gasteiger partial charge in [-0.05, 0) is 43.3 Å². The van der Waals surface area contributed by atoms with Crippen LogP contribution in [0.4, 0.5) is 5.69 Å². The molecule has 0 aliphatic rings. The summed E-state index contributed by atoms with van der Waals surface area (Å²) in [6.07, 6.45) is 0. The molecule has 0 saturated carbocycles. The number of thioether (sulfide) groups is 1. The van der Waals surface area contributed by atoms with E-state index >= 15 is 0 Å². The van der Waals surface area contributed by atoms with Crippen molar-refractivity contribution >= 4 is 29.3 Å².